The van der Waals surface area contributed by atoms with Crippen LogP contribution in [0.1, 0.15) is 12.5 Å². The molecule has 1 N–H and O–H groups in total. The van der Waals surface area contributed by atoms with E-state index in [0.29, 0.717) is 0 Å². The van der Waals surface area contributed by atoms with Gasteiger partial charge in [-0.15, -0.1) is 0 Å². The summed E-state index contributed by atoms with van der Waals surface area (Å²) in [7, 11) is -3.73. The molecule has 0 fully saturated rings. The maximum atomic E-state index is 12.2. The number of aliphatic hydroxyl groups is 1. The molecule has 0 radical (unpaired) electrons. The van der Waals surface area contributed by atoms with Crippen LogP contribution in [0, 0.1) is 11.3 Å². The van der Waals surface area contributed by atoms with Crippen molar-refractivity contribution in [2.75, 3.05) is 6.54 Å². The lowest BCUT2D eigenvalue weighted by molar-refractivity contribution is 0.452. The smallest absolute Gasteiger partial charge is 0.265 e. The molecule has 6 heteroatoms. The molecule has 1 aromatic rings. The second-order valence-corrected chi connectivity index (χ2v) is 5.31. The first-order valence-electron chi connectivity index (χ1n) is 4.99. The van der Waals surface area contributed by atoms with E-state index in [0.717, 1.165) is 4.31 Å². The van der Waals surface area contributed by atoms with Gasteiger partial charge < -0.3 is 5.11 Å². The van der Waals surface area contributed by atoms with E-state index in [1.54, 1.807) is 25.1 Å². The number of fused-ring (bicyclic) bond motifs is 1. The van der Waals surface area contributed by atoms with Gasteiger partial charge in [0.15, 0.2) is 11.5 Å². The molecule has 1 heterocycles. The molecule has 2 rings (SSSR count). The third-order valence-corrected chi connectivity index (χ3v) is 4.51. The van der Waals surface area contributed by atoms with Crippen LogP contribution in [0.5, 0.6) is 0 Å². The minimum atomic E-state index is -3.73. The Morgan fingerprint density at radius 1 is 1.41 bits per heavy atom. The van der Waals surface area contributed by atoms with E-state index in [-0.39, 0.29) is 28.5 Å². The average molecular weight is 250 g/mol. The maximum Gasteiger partial charge on any atom is 0.265 e. The van der Waals surface area contributed by atoms with Gasteiger partial charge in [0.05, 0.1) is 4.90 Å². The Balaban J connectivity index is 2.86. The largest absolute Gasteiger partial charge is 0.504 e. The molecule has 0 saturated carbocycles. The Morgan fingerprint density at radius 3 is 2.65 bits per heavy atom. The quantitative estimate of drug-likeness (QED) is 0.818. The second kappa shape index (κ2) is 3.79. The third-order valence-electron chi connectivity index (χ3n) is 2.58. The first-order valence-corrected chi connectivity index (χ1v) is 6.43. The van der Waals surface area contributed by atoms with Gasteiger partial charge in [0.1, 0.15) is 6.07 Å². The molecule has 17 heavy (non-hydrogen) atoms. The number of sulfonamides is 1. The summed E-state index contributed by atoms with van der Waals surface area (Å²) >= 11 is 0. The lowest BCUT2D eigenvalue weighted by Gasteiger charge is -2.27. The van der Waals surface area contributed by atoms with Crippen LogP contribution in [0.3, 0.4) is 0 Å². The molecule has 1 aliphatic rings. The van der Waals surface area contributed by atoms with Crippen molar-refractivity contribution < 1.29 is 13.5 Å². The molecule has 0 bridgehead atoms. The Bertz CT molecular complexity index is 641. The fourth-order valence-corrected chi connectivity index (χ4v) is 3.45. The molecule has 88 valence electrons. The highest BCUT2D eigenvalue weighted by atomic mass is 32.2. The SMILES string of the molecule is CCN1C(C#N)=C(O)c2ccccc2S1(=O)=O. The summed E-state index contributed by atoms with van der Waals surface area (Å²) in [6, 6.07) is 7.81. The van der Waals surface area contributed by atoms with Gasteiger partial charge in [0.2, 0.25) is 0 Å². The van der Waals surface area contributed by atoms with Gasteiger partial charge in [0, 0.05) is 12.1 Å². The molecule has 0 amide bonds. The van der Waals surface area contributed by atoms with Gasteiger partial charge in [-0.25, -0.2) is 8.42 Å². The van der Waals surface area contributed by atoms with Crippen LogP contribution in [-0.4, -0.2) is 24.4 Å². The number of allylic oxidation sites excluding steroid dienone is 1. The number of hydrogen-bond donors (Lipinski definition) is 1. The van der Waals surface area contributed by atoms with Crippen LogP contribution in [0.4, 0.5) is 0 Å². The van der Waals surface area contributed by atoms with E-state index in [1.807, 2.05) is 0 Å². The highest BCUT2D eigenvalue weighted by molar-refractivity contribution is 7.89. The van der Waals surface area contributed by atoms with Crippen molar-refractivity contribution in [2.45, 2.75) is 11.8 Å². The first kappa shape index (κ1) is 11.5. The number of nitrogens with zero attached hydrogens (tertiary/aromatic N) is 2. The van der Waals surface area contributed by atoms with Crippen molar-refractivity contribution in [3.05, 3.63) is 35.5 Å². The predicted molar refractivity (Wildman–Crippen MR) is 61.2 cm³/mol. The van der Waals surface area contributed by atoms with Gasteiger partial charge in [-0.2, -0.15) is 5.26 Å². The number of benzene rings is 1. The molecule has 0 spiro atoms. The summed E-state index contributed by atoms with van der Waals surface area (Å²) in [4.78, 5) is 0.0263. The highest BCUT2D eigenvalue weighted by Crippen LogP contribution is 2.34. The number of aliphatic hydroxyl groups excluding tert-OH is 1. The normalized spacial score (nSPS) is 17.5. The Kier molecular flexibility index (Phi) is 2.56. The summed E-state index contributed by atoms with van der Waals surface area (Å²) in [5.74, 6) is -0.292. The Labute approximate surface area is 99.3 Å². The van der Waals surface area contributed by atoms with E-state index in [1.165, 1.54) is 12.1 Å². The molecule has 0 saturated heterocycles. The van der Waals surface area contributed by atoms with Crippen molar-refractivity contribution in [2.24, 2.45) is 0 Å². The van der Waals surface area contributed by atoms with Crippen LogP contribution in [0.2, 0.25) is 0 Å². The molecule has 5 nitrogen and oxygen atoms in total. The minimum Gasteiger partial charge on any atom is -0.504 e. The molecule has 1 aliphatic heterocycles. The van der Waals surface area contributed by atoms with E-state index >= 15 is 0 Å². The lowest BCUT2D eigenvalue weighted by Crippen LogP contribution is -2.34. The van der Waals surface area contributed by atoms with Crippen LogP contribution >= 0.6 is 0 Å². The second-order valence-electron chi connectivity index (χ2n) is 3.47. The van der Waals surface area contributed by atoms with Crippen LogP contribution in [-0.2, 0) is 10.0 Å². The first-order chi connectivity index (χ1) is 8.04. The third kappa shape index (κ3) is 1.47. The number of rotatable bonds is 1. The molecule has 0 atom stereocenters. The topological polar surface area (TPSA) is 81.4 Å². The van der Waals surface area contributed by atoms with Crippen LogP contribution < -0.4 is 0 Å². The molecule has 0 aliphatic carbocycles. The average Bonchev–Trinajstić information content (AvgIpc) is 2.33. The van der Waals surface area contributed by atoms with Crippen molar-refractivity contribution in [3.63, 3.8) is 0 Å². The molecule has 1 aromatic carbocycles. The van der Waals surface area contributed by atoms with Gasteiger partial charge in [-0.3, -0.25) is 4.31 Å². The van der Waals surface area contributed by atoms with Crippen molar-refractivity contribution in [1.82, 2.24) is 4.31 Å². The summed E-state index contributed by atoms with van der Waals surface area (Å²) in [6.45, 7) is 1.71. The van der Waals surface area contributed by atoms with Crippen molar-refractivity contribution in [3.8, 4) is 6.07 Å². The monoisotopic (exact) mass is 250 g/mol. The number of hydrogen-bond acceptors (Lipinski definition) is 4. The summed E-state index contributed by atoms with van der Waals surface area (Å²) in [5.41, 5.74) is -0.0556. The maximum absolute atomic E-state index is 12.2. The van der Waals surface area contributed by atoms with E-state index in [9.17, 15) is 13.5 Å². The molecular weight excluding hydrogens is 240 g/mol. The van der Waals surface area contributed by atoms with Crippen LogP contribution in [0.15, 0.2) is 34.9 Å². The van der Waals surface area contributed by atoms with Gasteiger partial charge in [-0.1, -0.05) is 12.1 Å². The van der Waals surface area contributed by atoms with E-state index in [4.69, 9.17) is 5.26 Å². The molecule has 0 unspecified atom stereocenters. The minimum absolute atomic E-state index is 0.0263. The predicted octanol–water partition coefficient (Wildman–Crippen LogP) is 1.46. The Hall–Kier alpha value is -2.00. The lowest BCUT2D eigenvalue weighted by atomic mass is 10.1. The van der Waals surface area contributed by atoms with E-state index < -0.39 is 10.0 Å². The Morgan fingerprint density at radius 2 is 2.06 bits per heavy atom. The fraction of sp³-hybridized carbons (Fsp3) is 0.182. The van der Waals surface area contributed by atoms with Crippen molar-refractivity contribution in [1.29, 1.82) is 5.26 Å². The van der Waals surface area contributed by atoms with E-state index in [2.05, 4.69) is 0 Å². The summed E-state index contributed by atoms with van der Waals surface area (Å²) in [5, 5.41) is 18.9. The highest BCUT2D eigenvalue weighted by Gasteiger charge is 2.35. The summed E-state index contributed by atoms with van der Waals surface area (Å²) < 4.78 is 25.3. The zero-order chi connectivity index (χ0) is 12.6. The standard InChI is InChI=1S/C11H10N2O3S/c1-2-13-9(7-12)11(14)8-5-3-4-6-10(8)17(13,15)16/h3-6,14H,2H2,1H3. The number of nitriles is 1. The van der Waals surface area contributed by atoms with Gasteiger partial charge in [0.25, 0.3) is 10.0 Å². The van der Waals surface area contributed by atoms with Gasteiger partial charge in [-0.05, 0) is 19.1 Å². The molecule has 0 aromatic heterocycles. The fourth-order valence-electron chi connectivity index (χ4n) is 1.81. The van der Waals surface area contributed by atoms with Crippen LogP contribution in [0.25, 0.3) is 5.76 Å². The van der Waals surface area contributed by atoms with Gasteiger partial charge >= 0.3 is 0 Å². The molecular formula is C11H10N2O3S. The zero-order valence-electron chi connectivity index (χ0n) is 9.08. The zero-order valence-corrected chi connectivity index (χ0v) is 9.90. The summed E-state index contributed by atoms with van der Waals surface area (Å²) in [6.07, 6.45) is 0. The van der Waals surface area contributed by atoms with Crippen molar-refractivity contribution >= 4 is 15.8 Å².